The summed E-state index contributed by atoms with van der Waals surface area (Å²) < 4.78 is 27.5. The molecule has 186 valence electrons. The molecule has 0 aromatic heterocycles. The SMILES string of the molecule is C=C(N)NCCCC(C=O)NC(=O)CN1C(=O)C(NS(=O)(=O)Cc2ccccc2)=CN(C)C1C. The second kappa shape index (κ2) is 12.1. The first-order valence-electron chi connectivity index (χ1n) is 10.7. The third-order valence-electron chi connectivity index (χ3n) is 5.20. The second-order valence-corrected chi connectivity index (χ2v) is 9.75. The largest absolute Gasteiger partial charge is 0.386 e. The lowest BCUT2D eigenvalue weighted by Crippen LogP contribution is -2.56. The molecule has 1 aliphatic rings. The van der Waals surface area contributed by atoms with Gasteiger partial charge in [-0.05, 0) is 25.3 Å². The van der Waals surface area contributed by atoms with Gasteiger partial charge in [0.15, 0.2) is 0 Å². The summed E-state index contributed by atoms with van der Waals surface area (Å²) >= 11 is 0. The fourth-order valence-electron chi connectivity index (χ4n) is 3.33. The third-order valence-corrected chi connectivity index (χ3v) is 6.44. The third kappa shape index (κ3) is 8.10. The Morgan fingerprint density at radius 1 is 1.29 bits per heavy atom. The summed E-state index contributed by atoms with van der Waals surface area (Å²) in [5.41, 5.74) is 5.83. The molecule has 2 unspecified atom stereocenters. The molecule has 0 bridgehead atoms. The van der Waals surface area contributed by atoms with Gasteiger partial charge in [0.25, 0.3) is 5.91 Å². The highest BCUT2D eigenvalue weighted by Crippen LogP contribution is 2.17. The van der Waals surface area contributed by atoms with E-state index in [1.165, 1.54) is 11.1 Å². The van der Waals surface area contributed by atoms with Gasteiger partial charge >= 0.3 is 0 Å². The Kier molecular flexibility index (Phi) is 9.48. The standard InChI is InChI=1S/C22H32N6O5S/c1-16(23)24-11-7-10-19(14-29)25-21(30)13-28-17(2)27(3)12-20(22(28)31)26-34(32,33)15-18-8-5-4-6-9-18/h4-6,8-9,12,14,17,19,24,26H,1,7,10-11,13,15,23H2,2-3H3,(H,25,30). The van der Waals surface area contributed by atoms with Gasteiger partial charge in [-0.1, -0.05) is 36.9 Å². The van der Waals surface area contributed by atoms with Crippen LogP contribution in [0.25, 0.3) is 0 Å². The van der Waals surface area contributed by atoms with Crippen LogP contribution in [-0.4, -0.2) is 68.7 Å². The van der Waals surface area contributed by atoms with E-state index < -0.39 is 34.0 Å². The van der Waals surface area contributed by atoms with E-state index in [-0.39, 0.29) is 18.0 Å². The average molecular weight is 493 g/mol. The fourth-order valence-corrected chi connectivity index (χ4v) is 4.51. The quantitative estimate of drug-likeness (QED) is 0.213. The average Bonchev–Trinajstić information content (AvgIpc) is 2.77. The van der Waals surface area contributed by atoms with E-state index in [9.17, 15) is 22.8 Å². The molecule has 2 atom stereocenters. The van der Waals surface area contributed by atoms with E-state index in [1.807, 2.05) is 0 Å². The summed E-state index contributed by atoms with van der Waals surface area (Å²) in [6, 6.07) is 7.85. The van der Waals surface area contributed by atoms with Crippen molar-refractivity contribution in [3.05, 3.63) is 60.2 Å². The number of amides is 2. The normalized spacial score (nSPS) is 16.9. The van der Waals surface area contributed by atoms with Gasteiger partial charge in [-0.25, -0.2) is 8.42 Å². The Labute approximate surface area is 200 Å². The highest BCUT2D eigenvalue weighted by atomic mass is 32.2. The number of sulfonamides is 1. The zero-order chi connectivity index (χ0) is 25.3. The Morgan fingerprint density at radius 3 is 2.59 bits per heavy atom. The first kappa shape index (κ1) is 26.7. The Bertz CT molecular complexity index is 1030. The Balaban J connectivity index is 2.00. The lowest BCUT2D eigenvalue weighted by atomic mass is 10.1. The van der Waals surface area contributed by atoms with Crippen LogP contribution in [-0.2, 0) is 30.2 Å². The number of nitrogens with zero attached hydrogens (tertiary/aromatic N) is 2. The first-order chi connectivity index (χ1) is 16.0. The number of aldehydes is 1. The van der Waals surface area contributed by atoms with Crippen LogP contribution in [0.1, 0.15) is 25.3 Å². The fraction of sp³-hybridized carbons (Fsp3) is 0.409. The Morgan fingerprint density at radius 2 is 1.97 bits per heavy atom. The van der Waals surface area contributed by atoms with Gasteiger partial charge in [-0.2, -0.15) is 0 Å². The molecule has 0 fully saturated rings. The predicted molar refractivity (Wildman–Crippen MR) is 128 cm³/mol. The summed E-state index contributed by atoms with van der Waals surface area (Å²) in [5, 5.41) is 5.43. The number of nitrogens with one attached hydrogen (secondary N) is 3. The highest BCUT2D eigenvalue weighted by Gasteiger charge is 2.33. The maximum atomic E-state index is 13.0. The molecule has 1 aliphatic heterocycles. The molecule has 1 aromatic carbocycles. The molecule has 0 aliphatic carbocycles. The summed E-state index contributed by atoms with van der Waals surface area (Å²) in [5.74, 6) is -1.15. The van der Waals surface area contributed by atoms with E-state index in [4.69, 9.17) is 5.73 Å². The summed E-state index contributed by atoms with van der Waals surface area (Å²) in [6.45, 7) is 5.38. The van der Waals surface area contributed by atoms with Gasteiger partial charge in [0.2, 0.25) is 15.9 Å². The van der Waals surface area contributed by atoms with Crippen molar-refractivity contribution in [3.8, 4) is 0 Å². The van der Waals surface area contributed by atoms with Gasteiger partial charge in [0, 0.05) is 19.8 Å². The summed E-state index contributed by atoms with van der Waals surface area (Å²) in [6.07, 6.45) is 2.47. The van der Waals surface area contributed by atoms with Crippen molar-refractivity contribution in [2.24, 2.45) is 5.73 Å². The van der Waals surface area contributed by atoms with Crippen LogP contribution in [0.4, 0.5) is 0 Å². The number of carbonyl (C=O) groups excluding carboxylic acids is 3. The van der Waals surface area contributed by atoms with Gasteiger partial charge in [0.05, 0.1) is 17.6 Å². The topological polar surface area (TPSA) is 154 Å². The Hall–Kier alpha value is -3.54. The number of hydrogen-bond acceptors (Lipinski definition) is 8. The zero-order valence-electron chi connectivity index (χ0n) is 19.4. The first-order valence-corrected chi connectivity index (χ1v) is 12.4. The van der Waals surface area contributed by atoms with Crippen LogP contribution in [0.5, 0.6) is 0 Å². The molecule has 0 saturated carbocycles. The second-order valence-electron chi connectivity index (χ2n) is 8.02. The lowest BCUT2D eigenvalue weighted by molar-refractivity contribution is -0.139. The zero-order valence-corrected chi connectivity index (χ0v) is 20.2. The number of benzene rings is 1. The number of carbonyl (C=O) groups is 3. The molecular formula is C22H32N6O5S. The van der Waals surface area contributed by atoms with Gasteiger partial charge in [0.1, 0.15) is 24.7 Å². The smallest absolute Gasteiger partial charge is 0.274 e. The molecule has 1 aromatic rings. The molecule has 2 amide bonds. The maximum absolute atomic E-state index is 13.0. The molecule has 34 heavy (non-hydrogen) atoms. The predicted octanol–water partition coefficient (Wildman–Crippen LogP) is -0.449. The minimum atomic E-state index is -3.86. The van der Waals surface area contributed by atoms with Crippen molar-refractivity contribution < 1.29 is 22.8 Å². The molecule has 0 saturated heterocycles. The minimum absolute atomic E-state index is 0.163. The lowest BCUT2D eigenvalue weighted by Gasteiger charge is -2.39. The van der Waals surface area contributed by atoms with Crippen molar-refractivity contribution >= 4 is 28.1 Å². The molecule has 2 rings (SSSR count). The highest BCUT2D eigenvalue weighted by molar-refractivity contribution is 7.88. The van der Waals surface area contributed by atoms with E-state index in [0.29, 0.717) is 37.1 Å². The monoisotopic (exact) mass is 492 g/mol. The summed E-state index contributed by atoms with van der Waals surface area (Å²) in [7, 11) is -2.20. The van der Waals surface area contributed by atoms with Crippen LogP contribution in [0.3, 0.4) is 0 Å². The van der Waals surface area contributed by atoms with Crippen molar-refractivity contribution in [1.29, 1.82) is 0 Å². The van der Waals surface area contributed by atoms with Crippen LogP contribution >= 0.6 is 0 Å². The number of hydrogen-bond donors (Lipinski definition) is 4. The van der Waals surface area contributed by atoms with Crippen molar-refractivity contribution in [3.63, 3.8) is 0 Å². The van der Waals surface area contributed by atoms with E-state index in [0.717, 1.165) is 0 Å². The molecule has 5 N–H and O–H groups in total. The van der Waals surface area contributed by atoms with Gasteiger partial charge in [-0.15, -0.1) is 0 Å². The molecule has 0 radical (unpaired) electrons. The van der Waals surface area contributed by atoms with E-state index >= 15 is 0 Å². The van der Waals surface area contributed by atoms with Crippen LogP contribution in [0.2, 0.25) is 0 Å². The molecule has 11 nitrogen and oxygen atoms in total. The van der Waals surface area contributed by atoms with E-state index in [2.05, 4.69) is 21.9 Å². The summed E-state index contributed by atoms with van der Waals surface area (Å²) in [4.78, 5) is 39.8. The van der Waals surface area contributed by atoms with Crippen LogP contribution in [0.15, 0.2) is 54.6 Å². The molecular weight excluding hydrogens is 460 g/mol. The van der Waals surface area contributed by atoms with Crippen molar-refractivity contribution in [2.45, 2.75) is 37.7 Å². The molecule has 0 spiro atoms. The van der Waals surface area contributed by atoms with Crippen molar-refractivity contribution in [1.82, 2.24) is 25.2 Å². The number of nitrogens with two attached hydrogens (primary N) is 1. The van der Waals surface area contributed by atoms with Crippen LogP contribution in [0, 0.1) is 0 Å². The van der Waals surface area contributed by atoms with Gasteiger partial charge in [-0.3, -0.25) is 14.3 Å². The van der Waals surface area contributed by atoms with E-state index in [1.54, 1.807) is 49.2 Å². The molecule has 1 heterocycles. The number of rotatable bonds is 13. The minimum Gasteiger partial charge on any atom is -0.386 e. The molecule has 12 heteroatoms. The van der Waals surface area contributed by atoms with Crippen LogP contribution < -0.4 is 21.1 Å². The van der Waals surface area contributed by atoms with Crippen molar-refractivity contribution in [2.75, 3.05) is 20.1 Å². The van der Waals surface area contributed by atoms with Gasteiger partial charge < -0.3 is 31.0 Å². The maximum Gasteiger partial charge on any atom is 0.274 e.